The van der Waals surface area contributed by atoms with Gasteiger partial charge in [0, 0.05) is 29.5 Å². The van der Waals surface area contributed by atoms with E-state index in [9.17, 15) is 26.4 Å². The van der Waals surface area contributed by atoms with E-state index >= 15 is 0 Å². The number of primary amides is 1. The number of hydrogen-bond acceptors (Lipinski definition) is 5. The van der Waals surface area contributed by atoms with E-state index in [1.165, 1.54) is 30.6 Å². The molecule has 0 radical (unpaired) electrons. The standard InChI is InChI=1S/C26H33N3O3S2.C2HF3O2/c1-2-34(31,32)29-10-8-18(9-11-29)24-15-28-25-22(24)13-19(14-23(25)26(27)30)20-12-21(33-16-20)7-6-17-4-3-5-17;3-2(4,5)1(6)7/h12-18,28H,2-11H2,1H3,(H2,27,30);(H,6,7). The van der Waals surface area contributed by atoms with Crippen molar-refractivity contribution in [3.8, 4) is 11.1 Å². The minimum Gasteiger partial charge on any atom is -0.475 e. The number of aryl methyl sites for hydroxylation is 1. The number of carbonyl (C=O) groups excluding carboxylic acids is 1. The molecule has 1 aliphatic heterocycles. The van der Waals surface area contributed by atoms with E-state index < -0.39 is 28.1 Å². The average Bonchev–Trinajstić information content (AvgIpc) is 3.54. The second-order valence-electron chi connectivity index (χ2n) is 10.6. The van der Waals surface area contributed by atoms with Crippen LogP contribution in [-0.2, 0) is 21.2 Å². The number of alkyl halides is 3. The van der Waals surface area contributed by atoms with Gasteiger partial charge in [-0.1, -0.05) is 19.3 Å². The van der Waals surface area contributed by atoms with E-state index in [1.54, 1.807) is 22.6 Å². The molecule has 1 amide bonds. The highest BCUT2D eigenvalue weighted by Crippen LogP contribution is 2.38. The molecule has 0 bridgehead atoms. The first kappa shape index (κ1) is 31.0. The monoisotopic (exact) mass is 613 g/mol. The molecule has 41 heavy (non-hydrogen) atoms. The van der Waals surface area contributed by atoms with Crippen molar-refractivity contribution in [3.05, 3.63) is 45.8 Å². The highest BCUT2D eigenvalue weighted by molar-refractivity contribution is 7.89. The third-order valence-corrected chi connectivity index (χ3v) is 10.9. The number of thiophene rings is 1. The van der Waals surface area contributed by atoms with Gasteiger partial charge in [0.25, 0.3) is 5.91 Å². The average molecular weight is 614 g/mol. The number of aromatic amines is 1. The van der Waals surface area contributed by atoms with Crippen LogP contribution in [0, 0.1) is 5.92 Å². The summed E-state index contributed by atoms with van der Waals surface area (Å²) in [5, 5.41) is 10.3. The van der Waals surface area contributed by atoms with E-state index in [1.807, 2.05) is 12.3 Å². The summed E-state index contributed by atoms with van der Waals surface area (Å²) >= 11 is 1.79. The highest BCUT2D eigenvalue weighted by Gasteiger charge is 2.38. The number of fused-ring (bicyclic) bond motifs is 1. The number of nitrogens with one attached hydrogen (secondary N) is 1. The van der Waals surface area contributed by atoms with Gasteiger partial charge >= 0.3 is 12.1 Å². The number of benzene rings is 1. The summed E-state index contributed by atoms with van der Waals surface area (Å²) in [6, 6.07) is 6.33. The summed E-state index contributed by atoms with van der Waals surface area (Å²) in [4.78, 5) is 25.9. The molecule has 224 valence electrons. The van der Waals surface area contributed by atoms with Gasteiger partial charge in [-0.05, 0) is 84.7 Å². The number of aromatic nitrogens is 1. The van der Waals surface area contributed by atoms with Crippen LogP contribution >= 0.6 is 11.3 Å². The molecule has 8 nitrogen and oxygen atoms in total. The Morgan fingerprint density at radius 3 is 2.32 bits per heavy atom. The van der Waals surface area contributed by atoms with Gasteiger partial charge in [0.2, 0.25) is 10.0 Å². The number of carboxylic acids is 1. The van der Waals surface area contributed by atoms with Crippen LogP contribution < -0.4 is 5.73 Å². The normalized spacial score (nSPS) is 17.2. The number of carbonyl (C=O) groups is 2. The van der Waals surface area contributed by atoms with Gasteiger partial charge in [0.15, 0.2) is 0 Å². The SMILES string of the molecule is CCS(=O)(=O)N1CCC(c2c[nH]c3c(C(N)=O)cc(-c4csc(CCC5CCC5)c4)cc23)CC1.O=C(O)C(F)(F)F. The number of H-pyrrole nitrogens is 1. The molecule has 3 heterocycles. The Morgan fingerprint density at radius 2 is 1.78 bits per heavy atom. The lowest BCUT2D eigenvalue weighted by molar-refractivity contribution is -0.192. The van der Waals surface area contributed by atoms with Crippen molar-refractivity contribution in [3.63, 3.8) is 0 Å². The second-order valence-corrected chi connectivity index (χ2v) is 13.8. The number of carboxylic acid groups (broad SMARTS) is 1. The zero-order valence-corrected chi connectivity index (χ0v) is 24.3. The van der Waals surface area contributed by atoms with E-state index in [0.717, 1.165) is 52.8 Å². The molecular formula is C28H34F3N3O5S2. The fourth-order valence-corrected chi connectivity index (χ4v) is 7.42. The quantitative estimate of drug-likeness (QED) is 0.291. The Hall–Kier alpha value is -2.90. The molecule has 0 unspecified atom stereocenters. The van der Waals surface area contributed by atoms with Crippen molar-refractivity contribution in [2.24, 2.45) is 11.7 Å². The molecule has 0 spiro atoms. The molecule has 5 rings (SSSR count). The van der Waals surface area contributed by atoms with Crippen LogP contribution in [0.15, 0.2) is 29.8 Å². The number of amides is 1. The first-order chi connectivity index (χ1) is 19.3. The summed E-state index contributed by atoms with van der Waals surface area (Å²) in [7, 11) is -3.16. The number of aliphatic carboxylic acids is 1. The first-order valence-electron chi connectivity index (χ1n) is 13.6. The third kappa shape index (κ3) is 7.31. The predicted molar refractivity (Wildman–Crippen MR) is 152 cm³/mol. The molecule has 2 aliphatic rings. The molecule has 4 N–H and O–H groups in total. The van der Waals surface area contributed by atoms with Crippen LogP contribution in [-0.4, -0.2) is 59.7 Å². The van der Waals surface area contributed by atoms with Crippen molar-refractivity contribution < 1.29 is 36.3 Å². The van der Waals surface area contributed by atoms with Crippen LogP contribution in [0.5, 0.6) is 0 Å². The summed E-state index contributed by atoms with van der Waals surface area (Å²) < 4.78 is 57.9. The maximum absolute atomic E-state index is 12.3. The Balaban J connectivity index is 0.000000493. The fourth-order valence-electron chi connectivity index (χ4n) is 5.37. The second kappa shape index (κ2) is 12.5. The van der Waals surface area contributed by atoms with Crippen molar-refractivity contribution in [2.75, 3.05) is 18.8 Å². The number of hydrogen-bond donors (Lipinski definition) is 3. The summed E-state index contributed by atoms with van der Waals surface area (Å²) in [5.41, 5.74) is 10.3. The van der Waals surface area contributed by atoms with Gasteiger partial charge in [0.1, 0.15) is 0 Å². The molecule has 1 aliphatic carbocycles. The first-order valence-corrected chi connectivity index (χ1v) is 16.1. The number of halogens is 3. The van der Waals surface area contributed by atoms with Crippen LogP contribution in [0.1, 0.15) is 72.2 Å². The molecule has 1 aromatic carbocycles. The number of sulfonamides is 1. The summed E-state index contributed by atoms with van der Waals surface area (Å²) in [5.74, 6) is -1.92. The van der Waals surface area contributed by atoms with Gasteiger partial charge in [-0.25, -0.2) is 17.5 Å². The van der Waals surface area contributed by atoms with Crippen molar-refractivity contribution in [1.29, 1.82) is 0 Å². The molecule has 2 fully saturated rings. The van der Waals surface area contributed by atoms with Crippen molar-refractivity contribution in [1.82, 2.24) is 9.29 Å². The zero-order chi connectivity index (χ0) is 29.9. The van der Waals surface area contributed by atoms with E-state index in [-0.39, 0.29) is 11.7 Å². The molecule has 1 saturated heterocycles. The van der Waals surface area contributed by atoms with Gasteiger partial charge in [-0.2, -0.15) is 13.2 Å². The van der Waals surface area contributed by atoms with Crippen LogP contribution in [0.2, 0.25) is 0 Å². The van der Waals surface area contributed by atoms with E-state index in [4.69, 9.17) is 15.6 Å². The Bertz CT molecular complexity index is 1500. The fraction of sp³-hybridized carbons (Fsp3) is 0.500. The third-order valence-electron chi connectivity index (χ3n) is 7.99. The summed E-state index contributed by atoms with van der Waals surface area (Å²) in [6.07, 6.45) is 4.94. The largest absolute Gasteiger partial charge is 0.490 e. The smallest absolute Gasteiger partial charge is 0.475 e. The van der Waals surface area contributed by atoms with Crippen LogP contribution in [0.3, 0.4) is 0 Å². The number of nitrogens with zero attached hydrogens (tertiary/aromatic N) is 1. The molecular weight excluding hydrogens is 579 g/mol. The molecule has 2 aromatic heterocycles. The topological polar surface area (TPSA) is 134 Å². The van der Waals surface area contributed by atoms with Crippen LogP contribution in [0.4, 0.5) is 13.2 Å². The lowest BCUT2D eigenvalue weighted by Gasteiger charge is -2.31. The number of nitrogens with two attached hydrogens (primary N) is 1. The minimum absolute atomic E-state index is 0.138. The van der Waals surface area contributed by atoms with Crippen molar-refractivity contribution in [2.45, 2.75) is 64.0 Å². The minimum atomic E-state index is -5.08. The Morgan fingerprint density at radius 1 is 1.12 bits per heavy atom. The Kier molecular flexibility index (Phi) is 9.49. The Labute approximate surface area is 240 Å². The van der Waals surface area contributed by atoms with Gasteiger partial charge in [-0.15, -0.1) is 11.3 Å². The number of rotatable bonds is 8. The maximum atomic E-state index is 12.3. The molecule has 1 saturated carbocycles. The number of piperidine rings is 1. The lowest BCUT2D eigenvalue weighted by Crippen LogP contribution is -2.38. The maximum Gasteiger partial charge on any atom is 0.490 e. The van der Waals surface area contributed by atoms with Gasteiger partial charge < -0.3 is 15.8 Å². The van der Waals surface area contributed by atoms with E-state index in [0.29, 0.717) is 18.7 Å². The summed E-state index contributed by atoms with van der Waals surface area (Å²) in [6.45, 7) is 2.76. The van der Waals surface area contributed by atoms with Crippen molar-refractivity contribution >= 4 is 44.1 Å². The molecule has 3 aromatic rings. The van der Waals surface area contributed by atoms with Gasteiger partial charge in [0.05, 0.1) is 16.8 Å². The van der Waals surface area contributed by atoms with Crippen LogP contribution in [0.25, 0.3) is 22.0 Å². The van der Waals surface area contributed by atoms with Gasteiger partial charge in [-0.3, -0.25) is 4.79 Å². The van der Waals surface area contributed by atoms with E-state index in [2.05, 4.69) is 22.5 Å². The predicted octanol–water partition coefficient (Wildman–Crippen LogP) is 5.89. The molecule has 13 heteroatoms. The molecule has 0 atom stereocenters. The lowest BCUT2D eigenvalue weighted by atomic mass is 9.82. The highest BCUT2D eigenvalue weighted by atomic mass is 32.2. The zero-order valence-electron chi connectivity index (χ0n) is 22.7.